The van der Waals surface area contributed by atoms with E-state index in [2.05, 4.69) is 25.7 Å². The van der Waals surface area contributed by atoms with Gasteiger partial charge in [-0.05, 0) is 18.9 Å². The topological polar surface area (TPSA) is 83.0 Å². The van der Waals surface area contributed by atoms with Crippen molar-refractivity contribution in [2.24, 2.45) is 5.10 Å². The van der Waals surface area contributed by atoms with E-state index in [1.54, 1.807) is 6.92 Å². The lowest BCUT2D eigenvalue weighted by Crippen LogP contribution is -2.16. The highest BCUT2D eigenvalue weighted by molar-refractivity contribution is 6.00. The van der Waals surface area contributed by atoms with Crippen LogP contribution in [0.4, 0.5) is 5.82 Å². The van der Waals surface area contributed by atoms with Gasteiger partial charge in [0.05, 0.1) is 5.71 Å². The average Bonchev–Trinajstić information content (AvgIpc) is 2.44. The van der Waals surface area contributed by atoms with Crippen LogP contribution < -0.4 is 11.1 Å². The van der Waals surface area contributed by atoms with Crippen LogP contribution in [0, 0.1) is 6.92 Å². The Hall–Kier alpha value is -2.50. The van der Waals surface area contributed by atoms with Crippen molar-refractivity contribution in [2.75, 3.05) is 5.43 Å². The highest BCUT2D eigenvalue weighted by atomic mass is 16.1. The highest BCUT2D eigenvalue weighted by Gasteiger charge is 2.03. The SMILES string of the molecule is CCC(=NNc1nc(=O)[nH]nc1C)c1ccccc1. The number of anilines is 1. The van der Waals surface area contributed by atoms with E-state index in [1.165, 1.54) is 0 Å². The molecule has 0 spiro atoms. The summed E-state index contributed by atoms with van der Waals surface area (Å²) in [4.78, 5) is 14.9. The zero-order chi connectivity index (χ0) is 13.7. The number of hydrazone groups is 1. The minimum Gasteiger partial charge on any atom is -0.259 e. The summed E-state index contributed by atoms with van der Waals surface area (Å²) in [6, 6.07) is 9.84. The Morgan fingerprint density at radius 1 is 1.37 bits per heavy atom. The summed E-state index contributed by atoms with van der Waals surface area (Å²) < 4.78 is 0. The fourth-order valence-electron chi connectivity index (χ4n) is 1.60. The third-order valence-corrected chi connectivity index (χ3v) is 2.61. The molecule has 0 unspecified atom stereocenters. The molecule has 19 heavy (non-hydrogen) atoms. The zero-order valence-corrected chi connectivity index (χ0v) is 10.8. The first-order valence-corrected chi connectivity index (χ1v) is 6.02. The van der Waals surface area contributed by atoms with Crippen LogP contribution in [0.15, 0.2) is 40.2 Å². The van der Waals surface area contributed by atoms with Crippen LogP contribution in [0.2, 0.25) is 0 Å². The Bertz CT molecular complexity index is 633. The van der Waals surface area contributed by atoms with Gasteiger partial charge in [-0.25, -0.2) is 9.89 Å². The molecule has 98 valence electrons. The molecular formula is C13H15N5O. The average molecular weight is 257 g/mol. The minimum atomic E-state index is -0.499. The van der Waals surface area contributed by atoms with Gasteiger partial charge in [0, 0.05) is 0 Å². The van der Waals surface area contributed by atoms with E-state index in [1.807, 2.05) is 37.3 Å². The van der Waals surface area contributed by atoms with E-state index in [0.717, 1.165) is 17.7 Å². The maximum Gasteiger partial charge on any atom is 0.363 e. The number of nitrogens with one attached hydrogen (secondary N) is 2. The van der Waals surface area contributed by atoms with Gasteiger partial charge in [0.2, 0.25) is 0 Å². The van der Waals surface area contributed by atoms with Crippen LogP contribution in [-0.2, 0) is 0 Å². The first kappa shape index (κ1) is 12.9. The monoisotopic (exact) mass is 257 g/mol. The van der Waals surface area contributed by atoms with Crippen molar-refractivity contribution in [2.45, 2.75) is 20.3 Å². The Balaban J connectivity index is 2.25. The van der Waals surface area contributed by atoms with Crippen LogP contribution in [0.25, 0.3) is 0 Å². The lowest BCUT2D eigenvalue weighted by atomic mass is 10.1. The molecule has 2 aromatic rings. The van der Waals surface area contributed by atoms with Crippen LogP contribution in [0.1, 0.15) is 24.6 Å². The molecule has 0 saturated carbocycles. The molecule has 0 aliphatic heterocycles. The lowest BCUT2D eigenvalue weighted by molar-refractivity contribution is 0.878. The standard InChI is InChI=1S/C13H15N5O/c1-3-11(10-7-5-4-6-8-10)16-17-12-9(2)15-18-13(19)14-12/h4-8H,3H2,1-2H3,(H2,14,17,18,19). The molecular weight excluding hydrogens is 242 g/mol. The minimum absolute atomic E-state index is 0.366. The van der Waals surface area contributed by atoms with Crippen molar-refractivity contribution in [3.63, 3.8) is 0 Å². The number of aryl methyl sites for hydroxylation is 1. The van der Waals surface area contributed by atoms with Crippen molar-refractivity contribution in [1.29, 1.82) is 0 Å². The summed E-state index contributed by atoms with van der Waals surface area (Å²) in [5.41, 5.74) is 4.81. The zero-order valence-electron chi connectivity index (χ0n) is 10.8. The van der Waals surface area contributed by atoms with E-state index in [0.29, 0.717) is 11.5 Å². The van der Waals surface area contributed by atoms with Gasteiger partial charge in [0.25, 0.3) is 0 Å². The van der Waals surface area contributed by atoms with E-state index >= 15 is 0 Å². The molecule has 2 N–H and O–H groups in total. The number of aromatic nitrogens is 3. The Morgan fingerprint density at radius 2 is 2.11 bits per heavy atom. The van der Waals surface area contributed by atoms with Crippen molar-refractivity contribution >= 4 is 11.5 Å². The molecule has 0 saturated heterocycles. The number of rotatable bonds is 4. The smallest absolute Gasteiger partial charge is 0.259 e. The van der Waals surface area contributed by atoms with Gasteiger partial charge >= 0.3 is 5.69 Å². The summed E-state index contributed by atoms with van der Waals surface area (Å²) in [5, 5.41) is 10.4. The molecule has 0 amide bonds. The highest BCUT2D eigenvalue weighted by Crippen LogP contribution is 2.07. The lowest BCUT2D eigenvalue weighted by Gasteiger charge is -2.06. The van der Waals surface area contributed by atoms with Crippen LogP contribution in [-0.4, -0.2) is 20.9 Å². The third kappa shape index (κ3) is 3.25. The summed E-state index contributed by atoms with van der Waals surface area (Å²) in [7, 11) is 0. The van der Waals surface area contributed by atoms with E-state index in [4.69, 9.17) is 0 Å². The predicted molar refractivity (Wildman–Crippen MR) is 74.3 cm³/mol. The number of hydrogen-bond acceptors (Lipinski definition) is 5. The molecule has 6 nitrogen and oxygen atoms in total. The molecule has 1 aromatic carbocycles. The van der Waals surface area contributed by atoms with E-state index in [9.17, 15) is 4.79 Å². The Labute approximate surface area is 110 Å². The van der Waals surface area contributed by atoms with Gasteiger partial charge in [0.1, 0.15) is 5.69 Å². The van der Waals surface area contributed by atoms with Crippen molar-refractivity contribution in [3.05, 3.63) is 52.1 Å². The fraction of sp³-hybridized carbons (Fsp3) is 0.231. The Kier molecular flexibility index (Phi) is 4.02. The van der Waals surface area contributed by atoms with Crippen LogP contribution >= 0.6 is 0 Å². The second-order valence-corrected chi connectivity index (χ2v) is 3.96. The number of benzene rings is 1. The van der Waals surface area contributed by atoms with Gasteiger partial charge in [-0.1, -0.05) is 37.3 Å². The molecule has 0 atom stereocenters. The third-order valence-electron chi connectivity index (χ3n) is 2.61. The van der Waals surface area contributed by atoms with Gasteiger partial charge < -0.3 is 0 Å². The quantitative estimate of drug-likeness (QED) is 0.645. The largest absolute Gasteiger partial charge is 0.363 e. The van der Waals surface area contributed by atoms with Gasteiger partial charge in [0.15, 0.2) is 5.82 Å². The summed E-state index contributed by atoms with van der Waals surface area (Å²) >= 11 is 0. The molecule has 6 heteroatoms. The molecule has 0 aliphatic carbocycles. The molecule has 2 rings (SSSR count). The molecule has 0 fully saturated rings. The summed E-state index contributed by atoms with van der Waals surface area (Å²) in [6.45, 7) is 3.76. The molecule has 1 heterocycles. The predicted octanol–water partition coefficient (Wildman–Crippen LogP) is 1.70. The molecule has 0 bridgehead atoms. The normalized spacial score (nSPS) is 11.4. The fourth-order valence-corrected chi connectivity index (χ4v) is 1.60. The molecule has 0 radical (unpaired) electrons. The van der Waals surface area contributed by atoms with Crippen LogP contribution in [0.3, 0.4) is 0 Å². The van der Waals surface area contributed by atoms with Crippen molar-refractivity contribution in [1.82, 2.24) is 15.2 Å². The summed E-state index contributed by atoms with van der Waals surface area (Å²) in [5.74, 6) is 0.366. The number of H-pyrrole nitrogens is 1. The molecule has 0 aliphatic rings. The van der Waals surface area contributed by atoms with Crippen molar-refractivity contribution < 1.29 is 0 Å². The first-order chi connectivity index (χ1) is 9.20. The number of aromatic amines is 1. The second kappa shape index (κ2) is 5.90. The maximum atomic E-state index is 11.1. The maximum absolute atomic E-state index is 11.1. The van der Waals surface area contributed by atoms with Crippen LogP contribution in [0.5, 0.6) is 0 Å². The summed E-state index contributed by atoms with van der Waals surface area (Å²) in [6.07, 6.45) is 0.771. The van der Waals surface area contributed by atoms with E-state index < -0.39 is 5.69 Å². The number of hydrogen-bond donors (Lipinski definition) is 2. The first-order valence-electron chi connectivity index (χ1n) is 6.02. The van der Waals surface area contributed by atoms with Crippen molar-refractivity contribution in [3.8, 4) is 0 Å². The number of nitrogens with zero attached hydrogens (tertiary/aromatic N) is 3. The van der Waals surface area contributed by atoms with Gasteiger partial charge in [-0.3, -0.25) is 5.43 Å². The molecule has 1 aromatic heterocycles. The van der Waals surface area contributed by atoms with Gasteiger partial charge in [-0.15, -0.1) is 0 Å². The van der Waals surface area contributed by atoms with Gasteiger partial charge in [-0.2, -0.15) is 15.2 Å². The second-order valence-electron chi connectivity index (χ2n) is 3.96. The van der Waals surface area contributed by atoms with E-state index in [-0.39, 0.29) is 0 Å². The Morgan fingerprint density at radius 3 is 2.79 bits per heavy atom.